The lowest BCUT2D eigenvalue weighted by Gasteiger charge is -2.53. The van der Waals surface area contributed by atoms with E-state index in [9.17, 15) is 14.4 Å². The Morgan fingerprint density at radius 2 is 1.86 bits per heavy atom. The Morgan fingerprint density at radius 3 is 2.38 bits per heavy atom. The molecule has 6 heteroatoms. The second-order valence-electron chi connectivity index (χ2n) is 7.47. The molecule has 3 aliphatic rings. The molecular formula is C15H22N2O4. The van der Waals surface area contributed by atoms with Crippen LogP contribution < -0.4 is 5.32 Å². The first-order valence-corrected chi connectivity index (χ1v) is 7.54. The van der Waals surface area contributed by atoms with Gasteiger partial charge in [-0.05, 0) is 45.4 Å². The smallest absolute Gasteiger partial charge is 0.410 e. The van der Waals surface area contributed by atoms with Gasteiger partial charge in [0.15, 0.2) is 0 Å². The maximum absolute atomic E-state index is 12.0. The molecule has 3 amide bonds. The molecule has 6 nitrogen and oxygen atoms in total. The molecule has 2 saturated heterocycles. The van der Waals surface area contributed by atoms with E-state index < -0.39 is 5.60 Å². The highest BCUT2D eigenvalue weighted by Gasteiger charge is 2.63. The lowest BCUT2D eigenvalue weighted by Crippen LogP contribution is -2.56. The fraction of sp³-hybridized carbons (Fsp3) is 0.800. The van der Waals surface area contributed by atoms with Crippen LogP contribution in [0.5, 0.6) is 0 Å². The molecule has 116 valence electrons. The second-order valence-corrected chi connectivity index (χ2v) is 7.47. The molecule has 0 radical (unpaired) electrons. The van der Waals surface area contributed by atoms with E-state index in [4.69, 9.17) is 4.74 Å². The molecule has 0 aromatic carbocycles. The molecule has 0 aromatic heterocycles. The molecule has 1 spiro atoms. The molecule has 3 rings (SSSR count). The van der Waals surface area contributed by atoms with Crippen molar-refractivity contribution < 1.29 is 19.1 Å². The number of nitrogens with zero attached hydrogens (tertiary/aromatic N) is 1. The van der Waals surface area contributed by atoms with Crippen molar-refractivity contribution >= 4 is 17.9 Å². The molecule has 2 aliphatic heterocycles. The van der Waals surface area contributed by atoms with Crippen molar-refractivity contribution in [3.63, 3.8) is 0 Å². The van der Waals surface area contributed by atoms with Crippen molar-refractivity contribution in [1.82, 2.24) is 10.2 Å². The molecule has 0 bridgehead atoms. The van der Waals surface area contributed by atoms with Gasteiger partial charge in [0.2, 0.25) is 11.8 Å². The summed E-state index contributed by atoms with van der Waals surface area (Å²) in [4.78, 5) is 37.2. The number of ether oxygens (including phenoxy) is 1. The van der Waals surface area contributed by atoms with Crippen molar-refractivity contribution in [3.05, 3.63) is 0 Å². The van der Waals surface area contributed by atoms with Gasteiger partial charge in [-0.15, -0.1) is 0 Å². The summed E-state index contributed by atoms with van der Waals surface area (Å²) in [6.45, 7) is 6.74. The van der Waals surface area contributed by atoms with Crippen LogP contribution in [0.15, 0.2) is 0 Å². The maximum Gasteiger partial charge on any atom is 0.410 e. The SMILES string of the molecule is CC(C)(C)OC(=O)N1CCC2(CC1)C[C@@H]1C(=O)NC(=O)[C@@H]12. The van der Waals surface area contributed by atoms with Crippen LogP contribution in [-0.4, -0.2) is 41.5 Å². The molecular weight excluding hydrogens is 272 g/mol. The number of hydrogen-bond acceptors (Lipinski definition) is 4. The van der Waals surface area contributed by atoms with Crippen molar-refractivity contribution in [1.29, 1.82) is 0 Å². The van der Waals surface area contributed by atoms with Gasteiger partial charge in [-0.1, -0.05) is 0 Å². The molecule has 1 aliphatic carbocycles. The van der Waals surface area contributed by atoms with E-state index in [1.165, 1.54) is 0 Å². The lowest BCUT2D eigenvalue weighted by molar-refractivity contribution is -0.144. The summed E-state index contributed by atoms with van der Waals surface area (Å²) in [5, 5.41) is 2.43. The molecule has 0 unspecified atom stereocenters. The number of hydrogen-bond donors (Lipinski definition) is 1. The van der Waals surface area contributed by atoms with Gasteiger partial charge in [-0.3, -0.25) is 14.9 Å². The van der Waals surface area contributed by atoms with E-state index in [-0.39, 0.29) is 35.2 Å². The molecule has 21 heavy (non-hydrogen) atoms. The van der Waals surface area contributed by atoms with Gasteiger partial charge >= 0.3 is 6.09 Å². The lowest BCUT2D eigenvalue weighted by atomic mass is 9.51. The highest BCUT2D eigenvalue weighted by molar-refractivity contribution is 6.07. The van der Waals surface area contributed by atoms with E-state index in [1.54, 1.807) is 4.90 Å². The summed E-state index contributed by atoms with van der Waals surface area (Å²) in [6, 6.07) is 0. The Morgan fingerprint density at radius 1 is 1.24 bits per heavy atom. The Kier molecular flexibility index (Phi) is 3.04. The number of fused-ring (bicyclic) bond motifs is 2. The number of rotatable bonds is 0. The van der Waals surface area contributed by atoms with Crippen molar-refractivity contribution in [2.45, 2.75) is 45.6 Å². The molecule has 2 heterocycles. The average molecular weight is 294 g/mol. The van der Waals surface area contributed by atoms with Gasteiger partial charge in [0.05, 0.1) is 11.8 Å². The van der Waals surface area contributed by atoms with Gasteiger partial charge in [0, 0.05) is 13.1 Å². The van der Waals surface area contributed by atoms with Crippen LogP contribution in [0.2, 0.25) is 0 Å². The number of piperidine rings is 1. The quantitative estimate of drug-likeness (QED) is 0.683. The Bertz CT molecular complexity index is 500. The Balaban J connectivity index is 1.60. The maximum atomic E-state index is 12.0. The summed E-state index contributed by atoms with van der Waals surface area (Å²) < 4.78 is 5.38. The Labute approximate surface area is 124 Å². The topological polar surface area (TPSA) is 75.7 Å². The molecule has 2 atom stereocenters. The number of carbonyl (C=O) groups excluding carboxylic acids is 3. The van der Waals surface area contributed by atoms with E-state index in [1.807, 2.05) is 20.8 Å². The molecule has 1 N–H and O–H groups in total. The van der Waals surface area contributed by atoms with Crippen molar-refractivity contribution in [2.24, 2.45) is 17.3 Å². The summed E-state index contributed by atoms with van der Waals surface area (Å²) in [5.74, 6) is -0.552. The third kappa shape index (κ3) is 2.30. The van der Waals surface area contributed by atoms with Crippen LogP contribution in [0, 0.1) is 17.3 Å². The van der Waals surface area contributed by atoms with E-state index in [0.29, 0.717) is 13.1 Å². The summed E-state index contributed by atoms with van der Waals surface area (Å²) in [7, 11) is 0. The third-order valence-electron chi connectivity index (χ3n) is 4.97. The zero-order valence-corrected chi connectivity index (χ0v) is 12.8. The summed E-state index contributed by atoms with van der Waals surface area (Å²) in [5.41, 5.74) is -0.578. The minimum atomic E-state index is -0.495. The summed E-state index contributed by atoms with van der Waals surface area (Å²) >= 11 is 0. The van der Waals surface area contributed by atoms with Crippen LogP contribution in [0.4, 0.5) is 4.79 Å². The van der Waals surface area contributed by atoms with Crippen molar-refractivity contribution in [3.8, 4) is 0 Å². The Hall–Kier alpha value is -1.59. The van der Waals surface area contributed by atoms with Gasteiger partial charge in [-0.2, -0.15) is 0 Å². The zero-order chi connectivity index (χ0) is 15.4. The second kappa shape index (κ2) is 4.45. The van der Waals surface area contributed by atoms with Crippen LogP contribution >= 0.6 is 0 Å². The first-order valence-electron chi connectivity index (χ1n) is 7.54. The number of amides is 3. The average Bonchev–Trinajstić information content (AvgIpc) is 2.57. The van der Waals surface area contributed by atoms with Gasteiger partial charge in [0.1, 0.15) is 5.60 Å². The molecule has 1 saturated carbocycles. The first-order chi connectivity index (χ1) is 9.72. The zero-order valence-electron chi connectivity index (χ0n) is 12.8. The number of imide groups is 1. The number of likely N-dealkylation sites (tertiary alicyclic amines) is 1. The fourth-order valence-electron chi connectivity index (χ4n) is 3.92. The summed E-state index contributed by atoms with van der Waals surface area (Å²) in [6.07, 6.45) is 2.03. The number of carbonyl (C=O) groups is 3. The van der Waals surface area contributed by atoms with E-state index >= 15 is 0 Å². The van der Waals surface area contributed by atoms with Crippen LogP contribution in [0.3, 0.4) is 0 Å². The molecule has 3 fully saturated rings. The van der Waals surface area contributed by atoms with Crippen molar-refractivity contribution in [2.75, 3.05) is 13.1 Å². The minimum Gasteiger partial charge on any atom is -0.444 e. The predicted octanol–water partition coefficient (Wildman–Crippen LogP) is 1.30. The van der Waals surface area contributed by atoms with Crippen LogP contribution in [0.25, 0.3) is 0 Å². The van der Waals surface area contributed by atoms with Gasteiger partial charge < -0.3 is 9.64 Å². The van der Waals surface area contributed by atoms with Crippen LogP contribution in [-0.2, 0) is 14.3 Å². The first kappa shape index (κ1) is 14.4. The monoisotopic (exact) mass is 294 g/mol. The highest BCUT2D eigenvalue weighted by Crippen LogP contribution is 2.59. The largest absolute Gasteiger partial charge is 0.444 e. The fourth-order valence-corrected chi connectivity index (χ4v) is 3.92. The minimum absolute atomic E-state index is 0.0839. The van der Waals surface area contributed by atoms with Crippen LogP contribution in [0.1, 0.15) is 40.0 Å². The number of nitrogens with one attached hydrogen (secondary N) is 1. The standard InChI is InChI=1S/C15H22N2O4/c1-14(2,3)21-13(20)17-6-4-15(5-7-17)8-9-10(15)12(19)16-11(9)18/h9-10H,4-8H2,1-3H3,(H,16,18,19)/t9-,10+/m0/s1. The highest BCUT2D eigenvalue weighted by atomic mass is 16.6. The normalized spacial score (nSPS) is 30.7. The van der Waals surface area contributed by atoms with E-state index in [0.717, 1.165) is 19.3 Å². The predicted molar refractivity (Wildman–Crippen MR) is 74.2 cm³/mol. The molecule has 0 aromatic rings. The van der Waals surface area contributed by atoms with Gasteiger partial charge in [0.25, 0.3) is 0 Å². The third-order valence-corrected chi connectivity index (χ3v) is 4.97. The van der Waals surface area contributed by atoms with Gasteiger partial charge in [-0.25, -0.2) is 4.79 Å². The van der Waals surface area contributed by atoms with E-state index in [2.05, 4.69) is 5.32 Å².